The van der Waals surface area contributed by atoms with E-state index in [2.05, 4.69) is 37.4 Å². The van der Waals surface area contributed by atoms with E-state index in [9.17, 15) is 0 Å². The smallest absolute Gasteiger partial charge is 0.00682 e. The highest BCUT2D eigenvalue weighted by Crippen LogP contribution is 2.18. The zero-order valence-corrected chi connectivity index (χ0v) is 9.84. The molecule has 1 nitrogen and oxygen atoms in total. The van der Waals surface area contributed by atoms with Gasteiger partial charge >= 0.3 is 0 Å². The standard InChI is InChI=1S/C14H21N/c1-11-8-12(2)10-13(9-11)4-3-7-15-14-5-6-14/h8-10,14-15H,3-7H2,1-2H3. The summed E-state index contributed by atoms with van der Waals surface area (Å²) < 4.78 is 0. The molecule has 0 radical (unpaired) electrons. The van der Waals surface area contributed by atoms with Gasteiger partial charge in [0.2, 0.25) is 0 Å². The number of nitrogens with one attached hydrogen (secondary N) is 1. The molecule has 15 heavy (non-hydrogen) atoms. The van der Waals surface area contributed by atoms with Crippen LogP contribution in [0, 0.1) is 13.8 Å². The summed E-state index contributed by atoms with van der Waals surface area (Å²) in [5.41, 5.74) is 4.27. The van der Waals surface area contributed by atoms with Crippen LogP contribution in [-0.4, -0.2) is 12.6 Å². The number of rotatable bonds is 5. The number of hydrogen-bond donors (Lipinski definition) is 1. The molecule has 0 atom stereocenters. The minimum atomic E-state index is 0.851. The van der Waals surface area contributed by atoms with E-state index in [0.717, 1.165) is 6.04 Å². The quantitative estimate of drug-likeness (QED) is 0.725. The molecular weight excluding hydrogens is 182 g/mol. The van der Waals surface area contributed by atoms with Crippen LogP contribution >= 0.6 is 0 Å². The lowest BCUT2D eigenvalue weighted by atomic mass is 10.0. The van der Waals surface area contributed by atoms with E-state index in [1.54, 1.807) is 0 Å². The summed E-state index contributed by atoms with van der Waals surface area (Å²) in [5.74, 6) is 0. The van der Waals surface area contributed by atoms with Crippen LogP contribution in [0.3, 0.4) is 0 Å². The van der Waals surface area contributed by atoms with Gasteiger partial charge in [0.1, 0.15) is 0 Å². The first-order valence-corrected chi connectivity index (χ1v) is 6.04. The van der Waals surface area contributed by atoms with Gasteiger partial charge in [-0.2, -0.15) is 0 Å². The Morgan fingerprint density at radius 2 is 1.80 bits per heavy atom. The Morgan fingerprint density at radius 1 is 1.13 bits per heavy atom. The summed E-state index contributed by atoms with van der Waals surface area (Å²) in [6, 6.07) is 7.71. The van der Waals surface area contributed by atoms with Gasteiger partial charge in [-0.3, -0.25) is 0 Å². The first-order chi connectivity index (χ1) is 7.24. The van der Waals surface area contributed by atoms with E-state index in [0.29, 0.717) is 0 Å². The lowest BCUT2D eigenvalue weighted by Gasteiger charge is -2.05. The van der Waals surface area contributed by atoms with Crippen LogP contribution in [0.4, 0.5) is 0 Å². The minimum Gasteiger partial charge on any atom is -0.314 e. The minimum absolute atomic E-state index is 0.851. The Kier molecular flexibility index (Phi) is 3.42. The summed E-state index contributed by atoms with van der Waals surface area (Å²) in [6.45, 7) is 5.54. The second-order valence-electron chi connectivity index (χ2n) is 4.83. The van der Waals surface area contributed by atoms with Crippen molar-refractivity contribution in [1.29, 1.82) is 0 Å². The van der Waals surface area contributed by atoms with E-state index in [-0.39, 0.29) is 0 Å². The van der Waals surface area contributed by atoms with Gasteiger partial charge in [-0.1, -0.05) is 29.3 Å². The van der Waals surface area contributed by atoms with Crippen molar-refractivity contribution in [1.82, 2.24) is 5.32 Å². The fraction of sp³-hybridized carbons (Fsp3) is 0.571. The third kappa shape index (κ3) is 3.67. The van der Waals surface area contributed by atoms with Crippen molar-refractivity contribution in [2.45, 2.75) is 45.6 Å². The fourth-order valence-electron chi connectivity index (χ4n) is 2.10. The van der Waals surface area contributed by atoms with E-state index < -0.39 is 0 Å². The molecule has 1 heteroatoms. The van der Waals surface area contributed by atoms with Gasteiger partial charge < -0.3 is 5.32 Å². The topological polar surface area (TPSA) is 12.0 Å². The normalized spacial score (nSPS) is 15.6. The molecule has 0 spiro atoms. The maximum atomic E-state index is 3.56. The Labute approximate surface area is 92.9 Å². The Hall–Kier alpha value is -0.820. The number of benzene rings is 1. The van der Waals surface area contributed by atoms with Crippen LogP contribution in [0.2, 0.25) is 0 Å². The predicted molar refractivity (Wildman–Crippen MR) is 65.3 cm³/mol. The first kappa shape index (κ1) is 10.7. The molecule has 2 rings (SSSR count). The van der Waals surface area contributed by atoms with E-state index in [1.165, 1.54) is 48.9 Å². The highest BCUT2D eigenvalue weighted by molar-refractivity contribution is 5.28. The molecule has 1 saturated carbocycles. The van der Waals surface area contributed by atoms with Crippen LogP contribution in [0.5, 0.6) is 0 Å². The summed E-state index contributed by atoms with van der Waals surface area (Å²) >= 11 is 0. The predicted octanol–water partition coefficient (Wildman–Crippen LogP) is 2.99. The SMILES string of the molecule is Cc1cc(C)cc(CCCNC2CC2)c1. The largest absolute Gasteiger partial charge is 0.314 e. The molecule has 0 aliphatic heterocycles. The third-order valence-corrected chi connectivity index (χ3v) is 2.93. The molecule has 0 aromatic heterocycles. The molecule has 1 aliphatic rings. The van der Waals surface area contributed by atoms with E-state index in [1.807, 2.05) is 0 Å². The van der Waals surface area contributed by atoms with Crippen LogP contribution < -0.4 is 5.32 Å². The van der Waals surface area contributed by atoms with Gasteiger partial charge in [-0.25, -0.2) is 0 Å². The van der Waals surface area contributed by atoms with Crippen molar-refractivity contribution in [3.63, 3.8) is 0 Å². The molecule has 0 heterocycles. The second kappa shape index (κ2) is 4.80. The van der Waals surface area contributed by atoms with Crippen molar-refractivity contribution < 1.29 is 0 Å². The summed E-state index contributed by atoms with van der Waals surface area (Å²) in [4.78, 5) is 0. The van der Waals surface area contributed by atoms with Gasteiger partial charge in [0, 0.05) is 6.04 Å². The zero-order valence-electron chi connectivity index (χ0n) is 9.84. The summed E-state index contributed by atoms with van der Waals surface area (Å²) in [7, 11) is 0. The Bertz CT molecular complexity index is 306. The summed E-state index contributed by atoms with van der Waals surface area (Å²) in [5, 5.41) is 3.56. The Balaban J connectivity index is 1.76. The average Bonchev–Trinajstić information content (AvgIpc) is 2.94. The third-order valence-electron chi connectivity index (χ3n) is 2.93. The molecule has 1 N–H and O–H groups in total. The van der Waals surface area contributed by atoms with Gasteiger partial charge in [0.25, 0.3) is 0 Å². The monoisotopic (exact) mass is 203 g/mol. The van der Waals surface area contributed by atoms with Crippen LogP contribution in [0.1, 0.15) is 36.0 Å². The van der Waals surface area contributed by atoms with Gasteiger partial charge in [0.15, 0.2) is 0 Å². The molecule has 1 aromatic carbocycles. The van der Waals surface area contributed by atoms with Crippen LogP contribution in [0.25, 0.3) is 0 Å². The summed E-state index contributed by atoms with van der Waals surface area (Å²) in [6.07, 6.45) is 5.26. The molecule has 0 unspecified atom stereocenters. The van der Waals surface area contributed by atoms with Crippen molar-refractivity contribution in [2.24, 2.45) is 0 Å². The molecule has 1 aliphatic carbocycles. The maximum absolute atomic E-state index is 3.56. The first-order valence-electron chi connectivity index (χ1n) is 6.04. The van der Waals surface area contributed by atoms with Crippen molar-refractivity contribution >= 4 is 0 Å². The van der Waals surface area contributed by atoms with Crippen molar-refractivity contribution in [3.8, 4) is 0 Å². The van der Waals surface area contributed by atoms with Crippen molar-refractivity contribution in [3.05, 3.63) is 34.9 Å². The molecule has 0 saturated heterocycles. The van der Waals surface area contributed by atoms with Gasteiger partial charge in [-0.05, 0) is 51.6 Å². The molecule has 1 aromatic rings. The van der Waals surface area contributed by atoms with Gasteiger partial charge in [-0.15, -0.1) is 0 Å². The second-order valence-corrected chi connectivity index (χ2v) is 4.83. The van der Waals surface area contributed by atoms with E-state index in [4.69, 9.17) is 0 Å². The fourth-order valence-corrected chi connectivity index (χ4v) is 2.10. The molecule has 0 bridgehead atoms. The van der Waals surface area contributed by atoms with Crippen LogP contribution in [0.15, 0.2) is 18.2 Å². The Morgan fingerprint density at radius 3 is 2.40 bits per heavy atom. The van der Waals surface area contributed by atoms with Crippen molar-refractivity contribution in [2.75, 3.05) is 6.54 Å². The van der Waals surface area contributed by atoms with Crippen LogP contribution in [-0.2, 0) is 6.42 Å². The maximum Gasteiger partial charge on any atom is 0.00682 e. The average molecular weight is 203 g/mol. The highest BCUT2D eigenvalue weighted by Gasteiger charge is 2.19. The number of hydrogen-bond acceptors (Lipinski definition) is 1. The zero-order chi connectivity index (χ0) is 10.7. The lowest BCUT2D eigenvalue weighted by Crippen LogP contribution is -2.17. The molecular formula is C14H21N. The molecule has 1 fully saturated rings. The molecule has 82 valence electrons. The molecule has 0 amide bonds. The number of aryl methyl sites for hydroxylation is 3. The van der Waals surface area contributed by atoms with Gasteiger partial charge in [0.05, 0.1) is 0 Å². The van der Waals surface area contributed by atoms with E-state index >= 15 is 0 Å². The lowest BCUT2D eigenvalue weighted by molar-refractivity contribution is 0.645. The highest BCUT2D eigenvalue weighted by atomic mass is 14.9.